The number of ether oxygens (including phenoxy) is 1. The molecular weight excluding hydrogens is 188 g/mol. The number of aryl methyl sites for hydroxylation is 1. The molecule has 1 aliphatic heterocycles. The van der Waals surface area contributed by atoms with Crippen LogP contribution >= 0.6 is 0 Å². The highest BCUT2D eigenvalue weighted by molar-refractivity contribution is 5.21. The summed E-state index contributed by atoms with van der Waals surface area (Å²) in [6.07, 6.45) is 1.50. The lowest BCUT2D eigenvalue weighted by Crippen LogP contribution is -2.33. The van der Waals surface area contributed by atoms with Gasteiger partial charge >= 0.3 is 0 Å². The topological polar surface area (TPSA) is 29.5 Å². The molecule has 15 heavy (non-hydrogen) atoms. The molecule has 1 heterocycles. The Morgan fingerprint density at radius 3 is 2.73 bits per heavy atom. The van der Waals surface area contributed by atoms with Crippen LogP contribution in [0.5, 0.6) is 0 Å². The first-order chi connectivity index (χ1) is 7.25. The number of hydrogen-bond acceptors (Lipinski definition) is 2. The van der Waals surface area contributed by atoms with Gasteiger partial charge < -0.3 is 9.84 Å². The van der Waals surface area contributed by atoms with Crippen molar-refractivity contribution >= 4 is 0 Å². The molecule has 2 heteroatoms. The Morgan fingerprint density at radius 1 is 1.33 bits per heavy atom. The van der Waals surface area contributed by atoms with Crippen molar-refractivity contribution in [3.8, 4) is 0 Å². The second kappa shape index (κ2) is 4.77. The highest BCUT2D eigenvalue weighted by Gasteiger charge is 2.23. The van der Waals surface area contributed by atoms with Crippen molar-refractivity contribution in [3.63, 3.8) is 0 Å². The van der Waals surface area contributed by atoms with E-state index in [0.717, 1.165) is 12.8 Å². The van der Waals surface area contributed by atoms with Gasteiger partial charge in [0, 0.05) is 12.5 Å². The lowest BCUT2D eigenvalue weighted by Gasteiger charge is -2.27. The molecule has 2 atom stereocenters. The van der Waals surface area contributed by atoms with Crippen molar-refractivity contribution in [2.24, 2.45) is 5.92 Å². The number of aliphatic hydroxyl groups is 1. The van der Waals surface area contributed by atoms with Crippen LogP contribution in [0.4, 0.5) is 0 Å². The quantitative estimate of drug-likeness (QED) is 0.801. The van der Waals surface area contributed by atoms with Gasteiger partial charge in [-0.05, 0) is 25.3 Å². The fourth-order valence-corrected chi connectivity index (χ4v) is 2.01. The molecule has 0 saturated carbocycles. The summed E-state index contributed by atoms with van der Waals surface area (Å²) in [4.78, 5) is 0. The first kappa shape index (κ1) is 10.7. The normalized spacial score (nSPS) is 26.5. The minimum absolute atomic E-state index is 0.194. The summed E-state index contributed by atoms with van der Waals surface area (Å²) in [6.45, 7) is 3.48. The van der Waals surface area contributed by atoms with Gasteiger partial charge in [-0.3, -0.25) is 0 Å². The fraction of sp³-hybridized carbons (Fsp3) is 0.538. The Labute approximate surface area is 90.9 Å². The largest absolute Gasteiger partial charge is 0.393 e. The second-order valence-corrected chi connectivity index (χ2v) is 4.38. The molecule has 0 radical (unpaired) electrons. The van der Waals surface area contributed by atoms with Crippen LogP contribution in [0.25, 0.3) is 0 Å². The van der Waals surface area contributed by atoms with Gasteiger partial charge in [0.1, 0.15) is 0 Å². The number of benzene rings is 1. The first-order valence-electron chi connectivity index (χ1n) is 5.57. The van der Waals surface area contributed by atoms with Crippen LogP contribution in [0.1, 0.15) is 17.5 Å². The van der Waals surface area contributed by atoms with Gasteiger partial charge in [-0.25, -0.2) is 0 Å². The fourth-order valence-electron chi connectivity index (χ4n) is 2.01. The summed E-state index contributed by atoms with van der Waals surface area (Å²) in [5.74, 6) is 0.265. The molecule has 2 nitrogen and oxygen atoms in total. The van der Waals surface area contributed by atoms with Gasteiger partial charge in [0.25, 0.3) is 0 Å². The molecule has 1 aromatic rings. The Bertz CT molecular complexity index is 305. The molecule has 0 spiro atoms. The monoisotopic (exact) mass is 206 g/mol. The average Bonchev–Trinajstić information content (AvgIpc) is 2.25. The van der Waals surface area contributed by atoms with E-state index >= 15 is 0 Å². The van der Waals surface area contributed by atoms with Gasteiger partial charge in [0.05, 0.1) is 12.7 Å². The number of hydrogen-bond donors (Lipinski definition) is 1. The molecule has 1 aromatic carbocycles. The maximum atomic E-state index is 9.80. The Kier molecular flexibility index (Phi) is 3.39. The van der Waals surface area contributed by atoms with Crippen LogP contribution < -0.4 is 0 Å². The van der Waals surface area contributed by atoms with E-state index in [9.17, 15) is 5.11 Å². The zero-order valence-corrected chi connectivity index (χ0v) is 9.15. The van der Waals surface area contributed by atoms with Crippen LogP contribution in [0.2, 0.25) is 0 Å². The molecule has 0 aliphatic carbocycles. The average molecular weight is 206 g/mol. The van der Waals surface area contributed by atoms with Gasteiger partial charge in [0.2, 0.25) is 0 Å². The number of aliphatic hydroxyl groups excluding tert-OH is 1. The molecule has 2 rings (SSSR count). The summed E-state index contributed by atoms with van der Waals surface area (Å²) >= 11 is 0. The highest BCUT2D eigenvalue weighted by Crippen LogP contribution is 2.19. The molecule has 1 N–H and O–H groups in total. The second-order valence-electron chi connectivity index (χ2n) is 4.38. The lowest BCUT2D eigenvalue weighted by atomic mass is 9.91. The van der Waals surface area contributed by atoms with Crippen LogP contribution in [0, 0.1) is 12.8 Å². The lowest BCUT2D eigenvalue weighted by molar-refractivity contribution is -0.0350. The van der Waals surface area contributed by atoms with Crippen LogP contribution in [0.3, 0.4) is 0 Å². The molecule has 2 unspecified atom stereocenters. The molecule has 0 aromatic heterocycles. The third-order valence-corrected chi connectivity index (χ3v) is 3.05. The van der Waals surface area contributed by atoms with E-state index in [1.54, 1.807) is 0 Å². The van der Waals surface area contributed by atoms with E-state index in [1.807, 2.05) is 0 Å². The van der Waals surface area contributed by atoms with Crippen molar-refractivity contribution in [1.82, 2.24) is 0 Å². The smallest absolute Gasteiger partial charge is 0.0615 e. The molecule has 0 amide bonds. The van der Waals surface area contributed by atoms with Crippen molar-refractivity contribution in [2.45, 2.75) is 25.9 Å². The molecule has 1 aliphatic rings. The summed E-state index contributed by atoms with van der Waals surface area (Å²) in [7, 11) is 0. The van der Waals surface area contributed by atoms with E-state index in [1.165, 1.54) is 11.1 Å². The van der Waals surface area contributed by atoms with Crippen LogP contribution in [-0.2, 0) is 11.2 Å². The van der Waals surface area contributed by atoms with Gasteiger partial charge in [-0.1, -0.05) is 29.8 Å². The summed E-state index contributed by atoms with van der Waals surface area (Å²) < 4.78 is 5.39. The van der Waals surface area contributed by atoms with Crippen molar-refractivity contribution in [2.75, 3.05) is 13.2 Å². The van der Waals surface area contributed by atoms with Gasteiger partial charge in [-0.2, -0.15) is 0 Å². The predicted octanol–water partition coefficient (Wildman–Crippen LogP) is 1.93. The van der Waals surface area contributed by atoms with E-state index in [0.29, 0.717) is 13.2 Å². The Morgan fingerprint density at radius 2 is 2.07 bits per heavy atom. The zero-order valence-electron chi connectivity index (χ0n) is 9.15. The van der Waals surface area contributed by atoms with Crippen molar-refractivity contribution in [3.05, 3.63) is 35.4 Å². The van der Waals surface area contributed by atoms with Crippen LogP contribution in [-0.4, -0.2) is 24.4 Å². The third-order valence-electron chi connectivity index (χ3n) is 3.05. The zero-order chi connectivity index (χ0) is 10.7. The van der Waals surface area contributed by atoms with E-state index in [-0.39, 0.29) is 12.0 Å². The minimum atomic E-state index is -0.194. The summed E-state index contributed by atoms with van der Waals surface area (Å²) in [6, 6.07) is 8.50. The Hall–Kier alpha value is -0.860. The molecule has 1 fully saturated rings. The molecule has 82 valence electrons. The highest BCUT2D eigenvalue weighted by atomic mass is 16.5. The minimum Gasteiger partial charge on any atom is -0.393 e. The molecule has 1 saturated heterocycles. The maximum absolute atomic E-state index is 9.80. The molecular formula is C13H18O2. The SMILES string of the molecule is Cc1ccc(CC2COCCC2O)cc1. The van der Waals surface area contributed by atoms with E-state index in [4.69, 9.17) is 4.74 Å². The van der Waals surface area contributed by atoms with E-state index in [2.05, 4.69) is 31.2 Å². The van der Waals surface area contributed by atoms with Crippen molar-refractivity contribution < 1.29 is 9.84 Å². The first-order valence-corrected chi connectivity index (χ1v) is 5.57. The summed E-state index contributed by atoms with van der Waals surface area (Å²) in [5, 5.41) is 9.80. The van der Waals surface area contributed by atoms with Gasteiger partial charge in [-0.15, -0.1) is 0 Å². The number of rotatable bonds is 2. The standard InChI is InChI=1S/C13H18O2/c1-10-2-4-11(5-3-10)8-12-9-15-7-6-13(12)14/h2-5,12-14H,6-9H2,1H3. The van der Waals surface area contributed by atoms with E-state index < -0.39 is 0 Å². The third kappa shape index (κ3) is 2.80. The van der Waals surface area contributed by atoms with Crippen molar-refractivity contribution in [1.29, 1.82) is 0 Å². The van der Waals surface area contributed by atoms with Crippen LogP contribution in [0.15, 0.2) is 24.3 Å². The molecule has 0 bridgehead atoms. The predicted molar refractivity (Wildman–Crippen MR) is 59.8 cm³/mol. The Balaban J connectivity index is 1.98. The maximum Gasteiger partial charge on any atom is 0.0615 e. The summed E-state index contributed by atoms with van der Waals surface area (Å²) in [5.41, 5.74) is 2.56. The van der Waals surface area contributed by atoms with Gasteiger partial charge in [0.15, 0.2) is 0 Å².